The van der Waals surface area contributed by atoms with Crippen LogP contribution in [0.2, 0.25) is 0 Å². The van der Waals surface area contributed by atoms with E-state index in [1.54, 1.807) is 13.8 Å². The molecule has 2 N–H and O–H groups in total. The molecule has 0 fully saturated rings. The Morgan fingerprint density at radius 2 is 1.85 bits per heavy atom. The van der Waals surface area contributed by atoms with Crippen LogP contribution in [0.5, 0.6) is 0 Å². The van der Waals surface area contributed by atoms with E-state index in [-0.39, 0.29) is 0 Å². The molecule has 5 nitrogen and oxygen atoms in total. The monoisotopic (exact) mass is 205 g/mol. The van der Waals surface area contributed by atoms with Gasteiger partial charge in [-0.25, -0.2) is 4.72 Å². The van der Waals surface area contributed by atoms with Gasteiger partial charge in [-0.15, -0.1) is 0 Å². The maximum atomic E-state index is 11.1. The topological polar surface area (TPSA) is 82.0 Å². The first-order chi connectivity index (χ1) is 5.95. The molecule has 0 saturated carbocycles. The van der Waals surface area contributed by atoms with E-state index >= 15 is 0 Å². The summed E-state index contributed by atoms with van der Waals surface area (Å²) in [6.45, 7) is 3.54. The van der Waals surface area contributed by atoms with Crippen LogP contribution in [0.3, 0.4) is 0 Å². The van der Waals surface area contributed by atoms with Crippen molar-refractivity contribution in [3.05, 3.63) is 0 Å². The molecule has 0 aromatic rings. The van der Waals surface area contributed by atoms with Gasteiger partial charge in [0, 0.05) is 7.05 Å². The zero-order chi connectivity index (χ0) is 10.5. The van der Waals surface area contributed by atoms with E-state index in [1.807, 2.05) is 6.07 Å². The Morgan fingerprint density at radius 3 is 2.08 bits per heavy atom. The van der Waals surface area contributed by atoms with Crippen LogP contribution in [0, 0.1) is 11.3 Å². The molecule has 0 aromatic carbocycles. The van der Waals surface area contributed by atoms with Gasteiger partial charge < -0.3 is 0 Å². The molecule has 0 atom stereocenters. The maximum absolute atomic E-state index is 11.1. The van der Waals surface area contributed by atoms with Crippen LogP contribution in [-0.4, -0.2) is 21.0 Å². The quantitative estimate of drug-likeness (QED) is 0.669. The van der Waals surface area contributed by atoms with Crippen molar-refractivity contribution in [2.24, 2.45) is 0 Å². The summed E-state index contributed by atoms with van der Waals surface area (Å²) >= 11 is 0. The Kier molecular flexibility index (Phi) is 4.33. The van der Waals surface area contributed by atoms with E-state index in [4.69, 9.17) is 5.26 Å². The van der Waals surface area contributed by atoms with Crippen molar-refractivity contribution in [1.29, 1.82) is 5.26 Å². The average Bonchev–Trinajstić information content (AvgIpc) is 2.14. The summed E-state index contributed by atoms with van der Waals surface area (Å²) in [4.78, 5) is 0. The summed E-state index contributed by atoms with van der Waals surface area (Å²) in [6, 6.07) is 1.98. The molecule has 0 bridgehead atoms. The average molecular weight is 205 g/mol. The van der Waals surface area contributed by atoms with E-state index in [1.165, 1.54) is 7.05 Å². The Balaban J connectivity index is 4.74. The molecular formula is C7H15N3O2S. The molecule has 0 radical (unpaired) electrons. The van der Waals surface area contributed by atoms with Gasteiger partial charge in [-0.1, -0.05) is 13.8 Å². The number of rotatable bonds is 5. The SMILES string of the molecule is CCC(C#N)(CC)NS(=O)(=O)NC. The van der Waals surface area contributed by atoms with Crippen molar-refractivity contribution >= 4 is 10.2 Å². The van der Waals surface area contributed by atoms with Crippen molar-refractivity contribution < 1.29 is 8.42 Å². The molecule has 0 aliphatic carbocycles. The molecule has 0 saturated heterocycles. The highest BCUT2D eigenvalue weighted by atomic mass is 32.2. The van der Waals surface area contributed by atoms with Crippen LogP contribution >= 0.6 is 0 Å². The predicted octanol–water partition coefficient (Wildman–Crippen LogP) is 0.123. The van der Waals surface area contributed by atoms with Crippen LogP contribution in [0.25, 0.3) is 0 Å². The Labute approximate surface area is 79.3 Å². The second kappa shape index (κ2) is 4.56. The largest absolute Gasteiger partial charge is 0.278 e. The van der Waals surface area contributed by atoms with Crippen molar-refractivity contribution in [3.63, 3.8) is 0 Å². The lowest BCUT2D eigenvalue weighted by molar-refractivity contribution is 0.443. The minimum atomic E-state index is -3.54. The van der Waals surface area contributed by atoms with Crippen molar-refractivity contribution in [2.45, 2.75) is 32.2 Å². The molecule has 0 amide bonds. The number of nitrogens with one attached hydrogen (secondary N) is 2. The Bertz CT molecular complexity index is 287. The van der Waals surface area contributed by atoms with E-state index in [2.05, 4.69) is 9.44 Å². The smallest absolute Gasteiger partial charge is 0.205 e. The second-order valence-corrected chi connectivity index (χ2v) is 4.33. The van der Waals surface area contributed by atoms with Gasteiger partial charge in [-0.3, -0.25) is 0 Å². The normalized spacial score (nSPS) is 12.5. The van der Waals surface area contributed by atoms with Crippen LogP contribution in [-0.2, 0) is 10.2 Å². The highest BCUT2D eigenvalue weighted by Crippen LogP contribution is 2.14. The summed E-state index contributed by atoms with van der Waals surface area (Å²) in [5.41, 5.74) is -0.984. The van der Waals surface area contributed by atoms with Crippen LogP contribution in [0.4, 0.5) is 0 Å². The third-order valence-corrected chi connectivity index (χ3v) is 3.22. The first kappa shape index (κ1) is 12.4. The van der Waals surface area contributed by atoms with E-state index in [0.29, 0.717) is 12.8 Å². The molecule has 76 valence electrons. The van der Waals surface area contributed by atoms with Gasteiger partial charge in [-0.2, -0.15) is 18.4 Å². The lowest BCUT2D eigenvalue weighted by Gasteiger charge is -2.23. The van der Waals surface area contributed by atoms with Crippen molar-refractivity contribution in [1.82, 2.24) is 9.44 Å². The summed E-state index contributed by atoms with van der Waals surface area (Å²) in [5.74, 6) is 0. The minimum Gasteiger partial charge on any atom is -0.205 e. The fourth-order valence-electron chi connectivity index (χ4n) is 0.884. The Hall–Kier alpha value is -0.640. The first-order valence-corrected chi connectivity index (χ1v) is 5.57. The molecule has 13 heavy (non-hydrogen) atoms. The zero-order valence-electron chi connectivity index (χ0n) is 8.09. The second-order valence-electron chi connectivity index (χ2n) is 2.71. The van der Waals surface area contributed by atoms with Crippen LogP contribution < -0.4 is 9.44 Å². The molecular weight excluding hydrogens is 190 g/mol. The summed E-state index contributed by atoms with van der Waals surface area (Å²) in [6.07, 6.45) is 0.891. The van der Waals surface area contributed by atoms with Gasteiger partial charge in [-0.05, 0) is 12.8 Å². The van der Waals surface area contributed by atoms with Gasteiger partial charge in [0.25, 0.3) is 10.2 Å². The molecule has 0 unspecified atom stereocenters. The number of hydrogen-bond donors (Lipinski definition) is 2. The predicted molar refractivity (Wildman–Crippen MR) is 50.0 cm³/mol. The van der Waals surface area contributed by atoms with Gasteiger partial charge in [0.05, 0.1) is 6.07 Å². The van der Waals surface area contributed by atoms with E-state index in [9.17, 15) is 8.42 Å². The molecule has 0 spiro atoms. The van der Waals surface area contributed by atoms with Gasteiger partial charge in [0.15, 0.2) is 0 Å². The summed E-state index contributed by atoms with van der Waals surface area (Å²) in [7, 11) is -2.23. The van der Waals surface area contributed by atoms with Crippen LogP contribution in [0.15, 0.2) is 0 Å². The zero-order valence-corrected chi connectivity index (χ0v) is 8.90. The molecule has 0 aromatic heterocycles. The molecule has 0 rings (SSSR count). The van der Waals surface area contributed by atoms with E-state index in [0.717, 1.165) is 0 Å². The minimum absolute atomic E-state index is 0.445. The Morgan fingerprint density at radius 1 is 1.38 bits per heavy atom. The third kappa shape index (κ3) is 3.30. The lowest BCUT2D eigenvalue weighted by Crippen LogP contribution is -2.50. The number of hydrogen-bond acceptors (Lipinski definition) is 3. The van der Waals surface area contributed by atoms with Gasteiger partial charge >= 0.3 is 0 Å². The molecule has 6 heteroatoms. The number of nitrogens with zero attached hydrogens (tertiary/aromatic N) is 1. The first-order valence-electron chi connectivity index (χ1n) is 4.09. The van der Waals surface area contributed by atoms with Crippen molar-refractivity contribution in [3.8, 4) is 6.07 Å². The standard InChI is InChI=1S/C7H15N3O2S/c1-4-7(5-2,6-8)10-13(11,12)9-3/h9-10H,4-5H2,1-3H3. The van der Waals surface area contributed by atoms with Crippen molar-refractivity contribution in [2.75, 3.05) is 7.05 Å². The fourth-order valence-corrected chi connectivity index (χ4v) is 1.83. The molecule has 0 aliphatic heterocycles. The highest BCUT2D eigenvalue weighted by molar-refractivity contribution is 7.87. The van der Waals surface area contributed by atoms with E-state index < -0.39 is 15.7 Å². The number of nitriles is 1. The summed E-state index contributed by atoms with van der Waals surface area (Å²) in [5, 5.41) is 8.83. The molecule has 0 aliphatic rings. The third-order valence-electron chi connectivity index (χ3n) is 2.02. The van der Waals surface area contributed by atoms with Gasteiger partial charge in [0.2, 0.25) is 0 Å². The summed E-state index contributed by atoms with van der Waals surface area (Å²) < 4.78 is 26.7. The highest BCUT2D eigenvalue weighted by Gasteiger charge is 2.30. The van der Waals surface area contributed by atoms with Gasteiger partial charge in [0.1, 0.15) is 5.54 Å². The molecule has 0 heterocycles. The van der Waals surface area contributed by atoms with Crippen LogP contribution in [0.1, 0.15) is 26.7 Å². The fraction of sp³-hybridized carbons (Fsp3) is 0.857. The lowest BCUT2D eigenvalue weighted by atomic mass is 9.97. The maximum Gasteiger partial charge on any atom is 0.278 e.